The van der Waals surface area contributed by atoms with Crippen molar-refractivity contribution in [2.45, 2.75) is 97.7 Å². The smallest absolute Gasteiger partial charge is 0.309 e. The van der Waals surface area contributed by atoms with E-state index in [9.17, 15) is 19.8 Å². The Hall–Kier alpha value is -2.29. The number of hydrogen-bond acceptors (Lipinski definition) is 8. The number of ketones is 1. The lowest BCUT2D eigenvalue weighted by atomic mass is 9.73. The average molecular weight is 490 g/mol. The lowest BCUT2D eigenvalue weighted by Gasteiger charge is -2.34. The van der Waals surface area contributed by atoms with Crippen molar-refractivity contribution < 1.29 is 33.7 Å². The summed E-state index contributed by atoms with van der Waals surface area (Å²) in [5.74, 6) is -1.35. The third-order valence-corrected chi connectivity index (χ3v) is 7.51. The Morgan fingerprint density at radius 1 is 1.20 bits per heavy atom. The van der Waals surface area contributed by atoms with Crippen molar-refractivity contribution in [1.82, 2.24) is 4.98 Å². The van der Waals surface area contributed by atoms with E-state index >= 15 is 0 Å². The maximum atomic E-state index is 13.2. The Labute approximate surface area is 207 Å². The molecule has 0 aliphatic carbocycles. The van der Waals surface area contributed by atoms with Gasteiger partial charge < -0.3 is 24.1 Å². The molecule has 194 valence electrons. The molecule has 2 aliphatic heterocycles. The maximum absolute atomic E-state index is 13.2. The number of fused-ring (bicyclic) bond motifs is 1. The van der Waals surface area contributed by atoms with E-state index in [0.29, 0.717) is 24.4 Å². The first-order chi connectivity index (χ1) is 16.2. The second kappa shape index (κ2) is 10.4. The molecule has 3 heterocycles. The van der Waals surface area contributed by atoms with E-state index in [-0.39, 0.29) is 24.2 Å². The normalized spacial score (nSPS) is 37.0. The third-order valence-electron chi connectivity index (χ3n) is 7.51. The van der Waals surface area contributed by atoms with Gasteiger partial charge in [-0.3, -0.25) is 9.59 Å². The number of rotatable bonds is 2. The largest absolute Gasteiger partial charge is 0.458 e. The monoisotopic (exact) mass is 489 g/mol. The van der Waals surface area contributed by atoms with Crippen molar-refractivity contribution in [2.75, 3.05) is 0 Å². The minimum atomic E-state index is -1.26. The van der Waals surface area contributed by atoms with Gasteiger partial charge in [-0.15, -0.1) is 0 Å². The summed E-state index contributed by atoms with van der Waals surface area (Å²) in [5.41, 5.74) is -0.247. The van der Waals surface area contributed by atoms with Crippen LogP contribution >= 0.6 is 0 Å². The summed E-state index contributed by atoms with van der Waals surface area (Å²) >= 11 is 0. The van der Waals surface area contributed by atoms with Gasteiger partial charge in [-0.05, 0) is 31.9 Å². The van der Waals surface area contributed by atoms with E-state index in [2.05, 4.69) is 4.98 Å². The molecule has 3 rings (SSSR count). The van der Waals surface area contributed by atoms with Gasteiger partial charge in [0.2, 0.25) is 0 Å². The molecule has 2 aliphatic rings. The zero-order valence-electron chi connectivity index (χ0n) is 21.8. The van der Waals surface area contributed by atoms with Crippen LogP contribution < -0.4 is 0 Å². The van der Waals surface area contributed by atoms with Crippen LogP contribution in [0.4, 0.5) is 0 Å². The van der Waals surface area contributed by atoms with E-state index in [4.69, 9.17) is 13.9 Å². The van der Waals surface area contributed by atoms with Crippen molar-refractivity contribution in [2.24, 2.45) is 17.3 Å². The number of aryl methyl sites for hydroxylation is 1. The number of nitrogens with zero attached hydrogens (tertiary/aromatic N) is 1. The fourth-order valence-electron chi connectivity index (χ4n) is 4.67. The van der Waals surface area contributed by atoms with Crippen molar-refractivity contribution in [3.63, 3.8) is 0 Å². The number of carbonyl (C=O) groups is 2. The highest BCUT2D eigenvalue weighted by atomic mass is 16.6. The summed E-state index contributed by atoms with van der Waals surface area (Å²) in [4.78, 5) is 30.4. The lowest BCUT2D eigenvalue weighted by Crippen LogP contribution is -2.45. The van der Waals surface area contributed by atoms with Crippen LogP contribution in [0.5, 0.6) is 0 Å². The quantitative estimate of drug-likeness (QED) is 0.366. The van der Waals surface area contributed by atoms with Crippen molar-refractivity contribution in [1.29, 1.82) is 0 Å². The van der Waals surface area contributed by atoms with E-state index in [1.165, 1.54) is 6.26 Å². The minimum absolute atomic E-state index is 0.123. The van der Waals surface area contributed by atoms with Crippen LogP contribution in [0.3, 0.4) is 0 Å². The van der Waals surface area contributed by atoms with Crippen molar-refractivity contribution in [3.05, 3.63) is 35.6 Å². The summed E-state index contributed by atoms with van der Waals surface area (Å²) in [5, 5.41) is 21.6. The Bertz CT molecular complexity index is 993. The molecule has 1 fully saturated rings. The van der Waals surface area contributed by atoms with Gasteiger partial charge in [0, 0.05) is 25.2 Å². The lowest BCUT2D eigenvalue weighted by molar-refractivity contribution is -0.154. The van der Waals surface area contributed by atoms with Gasteiger partial charge in [0.05, 0.1) is 35.7 Å². The van der Waals surface area contributed by atoms with Gasteiger partial charge in [-0.2, -0.15) is 0 Å². The van der Waals surface area contributed by atoms with Crippen LogP contribution in [-0.4, -0.2) is 57.0 Å². The molecule has 7 atom stereocenters. The summed E-state index contributed by atoms with van der Waals surface area (Å²) < 4.78 is 17.1. The van der Waals surface area contributed by atoms with Gasteiger partial charge in [-0.25, -0.2) is 4.98 Å². The molecule has 8 heteroatoms. The average Bonchev–Trinajstić information content (AvgIpc) is 3.22. The highest BCUT2D eigenvalue weighted by Crippen LogP contribution is 2.44. The molecule has 0 amide bonds. The fourth-order valence-corrected chi connectivity index (χ4v) is 4.67. The Balaban J connectivity index is 1.89. The zero-order valence-corrected chi connectivity index (χ0v) is 21.8. The van der Waals surface area contributed by atoms with E-state index in [1.807, 2.05) is 32.9 Å². The molecule has 1 saturated heterocycles. The first kappa shape index (κ1) is 27.3. The Morgan fingerprint density at radius 3 is 2.51 bits per heavy atom. The molecule has 0 saturated carbocycles. The van der Waals surface area contributed by atoms with Crippen LogP contribution in [0.15, 0.2) is 28.4 Å². The number of oxazole rings is 1. The minimum Gasteiger partial charge on any atom is -0.458 e. The summed E-state index contributed by atoms with van der Waals surface area (Å²) in [6.07, 6.45) is 5.07. The van der Waals surface area contributed by atoms with Crippen LogP contribution in [0.2, 0.25) is 0 Å². The predicted molar refractivity (Wildman–Crippen MR) is 130 cm³/mol. The molecule has 0 aromatic carbocycles. The number of carbonyl (C=O) groups excluding carboxylic acids is 2. The summed E-state index contributed by atoms with van der Waals surface area (Å²) in [7, 11) is 0. The summed E-state index contributed by atoms with van der Waals surface area (Å²) in [6, 6.07) is 0. The van der Waals surface area contributed by atoms with Crippen molar-refractivity contribution in [3.8, 4) is 0 Å². The number of aromatic nitrogens is 1. The number of Topliss-reactive ketones (excluding diaryl/α,β-unsaturated/α-hetero) is 1. The molecular weight excluding hydrogens is 450 g/mol. The van der Waals surface area contributed by atoms with Gasteiger partial charge in [0.15, 0.2) is 5.89 Å². The fraction of sp³-hybridized carbons (Fsp3) is 0.667. The highest BCUT2D eigenvalue weighted by Gasteiger charge is 2.52. The summed E-state index contributed by atoms with van der Waals surface area (Å²) in [6.45, 7) is 12.3. The second-order valence-corrected chi connectivity index (χ2v) is 10.9. The molecule has 0 bridgehead atoms. The molecule has 35 heavy (non-hydrogen) atoms. The molecular formula is C27H39NO7. The number of epoxide rings is 1. The Kier molecular flexibility index (Phi) is 8.09. The topological polar surface area (TPSA) is 122 Å². The van der Waals surface area contributed by atoms with Crippen molar-refractivity contribution >= 4 is 17.8 Å². The van der Waals surface area contributed by atoms with Gasteiger partial charge >= 0.3 is 5.97 Å². The van der Waals surface area contributed by atoms with Crippen LogP contribution in [0.1, 0.15) is 72.4 Å². The van der Waals surface area contributed by atoms with Gasteiger partial charge in [0.1, 0.15) is 23.8 Å². The molecule has 1 aromatic rings. The molecule has 1 aromatic heterocycles. The van der Waals surface area contributed by atoms with Crippen LogP contribution in [-0.2, 0) is 19.1 Å². The predicted octanol–water partition coefficient (Wildman–Crippen LogP) is 3.79. The number of aliphatic hydroxyl groups excluding tert-OH is 2. The second-order valence-electron chi connectivity index (χ2n) is 10.9. The standard InChI is InChI=1S/C27H39NO7/c1-15-9-8-10-27(7)22(35-27)12-20(16(2)11-19-14-33-18(4)28-19)34-23(30)13-21(29)26(5,6)25(32)17(3)24(15)31/h8-9,11,14-15,17,20-22,24,29,31H,10,12-13H2,1-7H3/t15-,17+,20-,21-,22?,24-,27?/m0/s1. The first-order valence-electron chi connectivity index (χ1n) is 12.3. The number of ether oxygens (including phenoxy) is 2. The van der Waals surface area contributed by atoms with Gasteiger partial charge in [0.25, 0.3) is 0 Å². The highest BCUT2D eigenvalue weighted by molar-refractivity contribution is 5.88. The number of aliphatic hydroxyl groups is 2. The van der Waals surface area contributed by atoms with Crippen LogP contribution in [0.25, 0.3) is 6.08 Å². The van der Waals surface area contributed by atoms with E-state index in [1.54, 1.807) is 33.8 Å². The molecule has 0 radical (unpaired) electrons. The first-order valence-corrected chi connectivity index (χ1v) is 12.3. The SMILES string of the molecule is CC(=Cc1coc(C)n1)[C@@H]1CC2OC2(C)CC=C[C@H](C)[C@H](O)[C@@H](C)C(=O)C(C)(C)[C@@H](O)CC(=O)O1. The Morgan fingerprint density at radius 2 is 1.89 bits per heavy atom. The number of hydrogen-bond donors (Lipinski definition) is 2. The van der Waals surface area contributed by atoms with E-state index < -0.39 is 41.2 Å². The zero-order chi connectivity index (χ0) is 26.1. The molecule has 2 N–H and O–H groups in total. The van der Waals surface area contributed by atoms with Crippen LogP contribution in [0, 0.1) is 24.2 Å². The molecule has 0 spiro atoms. The number of cyclic esters (lactones) is 1. The van der Waals surface area contributed by atoms with Gasteiger partial charge in [-0.1, -0.05) is 39.8 Å². The number of esters is 1. The third kappa shape index (κ3) is 6.29. The maximum Gasteiger partial charge on any atom is 0.309 e. The van der Waals surface area contributed by atoms with E-state index in [0.717, 1.165) is 5.57 Å². The molecule has 8 nitrogen and oxygen atoms in total. The molecule has 2 unspecified atom stereocenters.